The molecule has 6 heteroatoms. The van der Waals surface area contributed by atoms with Gasteiger partial charge < -0.3 is 5.73 Å². The minimum absolute atomic E-state index is 0.0259. The van der Waals surface area contributed by atoms with Gasteiger partial charge in [0.2, 0.25) is 10.0 Å². The fourth-order valence-corrected chi connectivity index (χ4v) is 4.36. The number of nitrogens with one attached hydrogen (secondary N) is 1. The lowest BCUT2D eigenvalue weighted by Crippen LogP contribution is -2.45. The largest absolute Gasteiger partial charge is 0.387 e. The molecule has 110 valence electrons. The van der Waals surface area contributed by atoms with Crippen LogP contribution in [0.5, 0.6) is 0 Å². The van der Waals surface area contributed by atoms with Crippen molar-refractivity contribution in [3.05, 3.63) is 30.3 Å². The highest BCUT2D eigenvalue weighted by Crippen LogP contribution is 2.27. The highest BCUT2D eigenvalue weighted by Gasteiger charge is 2.32. The van der Waals surface area contributed by atoms with Crippen LogP contribution in [0.4, 0.5) is 0 Å². The Labute approximate surface area is 120 Å². The van der Waals surface area contributed by atoms with Crippen molar-refractivity contribution >= 4 is 15.9 Å². The molecular formula is C14H21N3O2S. The maximum atomic E-state index is 12.7. The molecule has 0 atom stereocenters. The van der Waals surface area contributed by atoms with E-state index in [2.05, 4.69) is 0 Å². The van der Waals surface area contributed by atoms with Crippen molar-refractivity contribution < 1.29 is 8.42 Å². The molecule has 0 saturated heterocycles. The fourth-order valence-electron chi connectivity index (χ4n) is 2.68. The van der Waals surface area contributed by atoms with E-state index in [-0.39, 0.29) is 23.3 Å². The molecule has 0 aliphatic heterocycles. The molecule has 0 radical (unpaired) electrons. The van der Waals surface area contributed by atoms with Crippen molar-refractivity contribution in [2.75, 3.05) is 6.54 Å². The van der Waals surface area contributed by atoms with E-state index in [1.807, 2.05) is 0 Å². The molecule has 0 bridgehead atoms. The molecule has 0 spiro atoms. The van der Waals surface area contributed by atoms with Crippen LogP contribution in [0.25, 0.3) is 0 Å². The number of benzene rings is 1. The van der Waals surface area contributed by atoms with Crippen LogP contribution in [-0.2, 0) is 10.0 Å². The molecule has 0 unspecified atom stereocenters. The van der Waals surface area contributed by atoms with Crippen LogP contribution < -0.4 is 5.73 Å². The Bertz CT molecular complexity index is 551. The molecule has 1 aliphatic rings. The first-order valence-corrected chi connectivity index (χ1v) is 8.35. The number of hydrogen-bond donors (Lipinski definition) is 2. The Hall–Kier alpha value is -1.40. The summed E-state index contributed by atoms with van der Waals surface area (Å²) in [7, 11) is -3.58. The maximum absolute atomic E-state index is 12.7. The lowest BCUT2D eigenvalue weighted by Gasteiger charge is -2.33. The second-order valence-corrected chi connectivity index (χ2v) is 7.07. The summed E-state index contributed by atoms with van der Waals surface area (Å²) in [5.41, 5.74) is 5.45. The van der Waals surface area contributed by atoms with Gasteiger partial charge in [0, 0.05) is 6.04 Å². The summed E-state index contributed by atoms with van der Waals surface area (Å²) in [4.78, 5) is 0.270. The van der Waals surface area contributed by atoms with Crippen LogP contribution in [0.2, 0.25) is 0 Å². The summed E-state index contributed by atoms with van der Waals surface area (Å²) in [6.45, 7) is -0.0259. The molecule has 1 aromatic carbocycles. The van der Waals surface area contributed by atoms with Crippen LogP contribution in [-0.4, -0.2) is 31.1 Å². The van der Waals surface area contributed by atoms with Crippen molar-refractivity contribution in [2.24, 2.45) is 5.73 Å². The molecule has 5 nitrogen and oxygen atoms in total. The summed E-state index contributed by atoms with van der Waals surface area (Å²) in [6, 6.07) is 8.34. The number of nitrogens with two attached hydrogens (primary N) is 1. The molecule has 2 rings (SSSR count). The van der Waals surface area contributed by atoms with Gasteiger partial charge >= 0.3 is 0 Å². The first kappa shape index (κ1) is 15.0. The van der Waals surface area contributed by atoms with Gasteiger partial charge in [-0.25, -0.2) is 8.42 Å². The second-order valence-electron chi connectivity index (χ2n) is 5.18. The zero-order valence-electron chi connectivity index (χ0n) is 11.5. The number of rotatable bonds is 5. The van der Waals surface area contributed by atoms with E-state index < -0.39 is 10.0 Å². The van der Waals surface area contributed by atoms with E-state index in [9.17, 15) is 8.42 Å². The van der Waals surface area contributed by atoms with Gasteiger partial charge in [0.05, 0.1) is 11.4 Å². The van der Waals surface area contributed by atoms with Gasteiger partial charge in [0.1, 0.15) is 5.84 Å². The van der Waals surface area contributed by atoms with Crippen molar-refractivity contribution in [1.82, 2.24) is 4.31 Å². The van der Waals surface area contributed by atoms with Crippen molar-refractivity contribution in [3.63, 3.8) is 0 Å². The summed E-state index contributed by atoms with van der Waals surface area (Å²) >= 11 is 0. The molecule has 0 heterocycles. The van der Waals surface area contributed by atoms with Crippen molar-refractivity contribution in [2.45, 2.75) is 43.0 Å². The Balaban J connectivity index is 2.32. The third-order valence-corrected chi connectivity index (χ3v) is 5.57. The Morgan fingerprint density at radius 2 is 1.80 bits per heavy atom. The lowest BCUT2D eigenvalue weighted by atomic mass is 9.95. The average molecular weight is 295 g/mol. The maximum Gasteiger partial charge on any atom is 0.243 e. The third kappa shape index (κ3) is 3.37. The van der Waals surface area contributed by atoms with Gasteiger partial charge in [-0.2, -0.15) is 4.31 Å². The molecule has 3 N–H and O–H groups in total. The smallest absolute Gasteiger partial charge is 0.243 e. The van der Waals surface area contributed by atoms with E-state index in [1.165, 1.54) is 4.31 Å². The van der Waals surface area contributed by atoms with Gasteiger partial charge in [-0.15, -0.1) is 0 Å². The van der Waals surface area contributed by atoms with Crippen LogP contribution >= 0.6 is 0 Å². The van der Waals surface area contributed by atoms with Crippen molar-refractivity contribution in [1.29, 1.82) is 5.41 Å². The highest BCUT2D eigenvalue weighted by atomic mass is 32.2. The SMILES string of the molecule is N=C(N)CN(C1CCCCC1)S(=O)(=O)c1ccccc1. The zero-order chi connectivity index (χ0) is 14.6. The predicted molar refractivity (Wildman–Crippen MR) is 79.1 cm³/mol. The molecular weight excluding hydrogens is 274 g/mol. The molecule has 1 aromatic rings. The number of sulfonamides is 1. The average Bonchev–Trinajstić information content (AvgIpc) is 2.46. The number of nitrogens with zero attached hydrogens (tertiary/aromatic N) is 1. The Morgan fingerprint density at radius 1 is 1.20 bits per heavy atom. The minimum Gasteiger partial charge on any atom is -0.387 e. The van der Waals surface area contributed by atoms with Gasteiger partial charge in [-0.05, 0) is 25.0 Å². The van der Waals surface area contributed by atoms with E-state index in [4.69, 9.17) is 11.1 Å². The molecule has 0 aromatic heterocycles. The molecule has 20 heavy (non-hydrogen) atoms. The lowest BCUT2D eigenvalue weighted by molar-refractivity contribution is 0.273. The quantitative estimate of drug-likeness (QED) is 0.643. The normalized spacial score (nSPS) is 17.2. The van der Waals surface area contributed by atoms with Gasteiger partial charge in [-0.3, -0.25) is 5.41 Å². The molecule has 1 saturated carbocycles. The van der Waals surface area contributed by atoms with Gasteiger partial charge in [0.25, 0.3) is 0 Å². The number of hydrogen-bond acceptors (Lipinski definition) is 3. The standard InChI is InChI=1S/C14H21N3O2S/c15-14(16)11-17(12-7-3-1-4-8-12)20(18,19)13-9-5-2-6-10-13/h2,5-6,9-10,12H,1,3-4,7-8,11H2,(H3,15,16). The zero-order valence-corrected chi connectivity index (χ0v) is 12.3. The van der Waals surface area contributed by atoms with Crippen LogP contribution in [0.15, 0.2) is 35.2 Å². The first-order chi connectivity index (χ1) is 9.51. The van der Waals surface area contributed by atoms with Crippen LogP contribution in [0.1, 0.15) is 32.1 Å². The molecule has 0 amide bonds. The van der Waals surface area contributed by atoms with Crippen LogP contribution in [0.3, 0.4) is 0 Å². The monoisotopic (exact) mass is 295 g/mol. The van der Waals surface area contributed by atoms with E-state index in [1.54, 1.807) is 30.3 Å². The van der Waals surface area contributed by atoms with E-state index in [0.717, 1.165) is 32.1 Å². The van der Waals surface area contributed by atoms with Crippen LogP contribution in [0, 0.1) is 5.41 Å². The third-order valence-electron chi connectivity index (χ3n) is 3.66. The topological polar surface area (TPSA) is 87.2 Å². The van der Waals surface area contributed by atoms with Gasteiger partial charge in [0.15, 0.2) is 0 Å². The second kappa shape index (κ2) is 6.37. The fraction of sp³-hybridized carbons (Fsp3) is 0.500. The van der Waals surface area contributed by atoms with Gasteiger partial charge in [-0.1, -0.05) is 37.5 Å². The van der Waals surface area contributed by atoms with E-state index >= 15 is 0 Å². The summed E-state index contributed by atoms with van der Waals surface area (Å²) in [6.07, 6.45) is 4.90. The van der Waals surface area contributed by atoms with E-state index in [0.29, 0.717) is 0 Å². The minimum atomic E-state index is -3.58. The summed E-state index contributed by atoms with van der Waals surface area (Å²) < 4.78 is 26.9. The molecule has 1 fully saturated rings. The first-order valence-electron chi connectivity index (χ1n) is 6.91. The highest BCUT2D eigenvalue weighted by molar-refractivity contribution is 7.89. The Kier molecular flexibility index (Phi) is 4.77. The van der Waals surface area contributed by atoms with Crippen molar-refractivity contribution in [3.8, 4) is 0 Å². The summed E-state index contributed by atoms with van der Waals surface area (Å²) in [5, 5.41) is 7.46. The Morgan fingerprint density at radius 3 is 2.35 bits per heavy atom. The summed E-state index contributed by atoms with van der Waals surface area (Å²) in [5.74, 6) is -0.116. The predicted octanol–water partition coefficient (Wildman–Crippen LogP) is 1.95. The molecule has 1 aliphatic carbocycles. The number of amidine groups is 1.